The first-order valence-electron chi connectivity index (χ1n) is 7.58. The molecule has 2 aromatic rings. The third-order valence-corrected chi connectivity index (χ3v) is 3.18. The summed E-state index contributed by atoms with van der Waals surface area (Å²) in [6.07, 6.45) is -0.0875. The Morgan fingerprint density at radius 3 is 2.12 bits per heavy atom. The van der Waals surface area contributed by atoms with Gasteiger partial charge in [0.1, 0.15) is 0 Å². The number of nitrogens with zero attached hydrogens (tertiary/aromatic N) is 2. The highest BCUT2D eigenvalue weighted by Gasteiger charge is 2.32. The van der Waals surface area contributed by atoms with E-state index in [9.17, 15) is 17.6 Å². The summed E-state index contributed by atoms with van der Waals surface area (Å²) >= 11 is 0. The van der Waals surface area contributed by atoms with E-state index in [1.165, 1.54) is 24.1 Å². The minimum atomic E-state index is -4.94. The second-order valence-electron chi connectivity index (χ2n) is 5.22. The van der Waals surface area contributed by atoms with Crippen molar-refractivity contribution in [3.05, 3.63) is 65.0 Å². The van der Waals surface area contributed by atoms with Crippen LogP contribution in [0.3, 0.4) is 0 Å². The molecule has 3 nitrogen and oxygen atoms in total. The highest BCUT2D eigenvalue weighted by atomic mass is 19.4. The van der Waals surface area contributed by atoms with E-state index in [0.717, 1.165) is 30.5 Å². The van der Waals surface area contributed by atoms with Gasteiger partial charge in [0.05, 0.1) is 12.4 Å². The molecule has 0 N–H and O–H groups in total. The maximum absolute atomic E-state index is 13.5. The summed E-state index contributed by atoms with van der Waals surface area (Å²) in [5, 5.41) is 7.59. The van der Waals surface area contributed by atoms with Crippen LogP contribution in [-0.4, -0.2) is 18.8 Å². The minimum Gasteiger partial charge on any atom is -0.403 e. The third-order valence-electron chi connectivity index (χ3n) is 3.18. The number of rotatable bonds is 6. The normalized spacial score (nSPS) is 12.2. The van der Waals surface area contributed by atoms with Gasteiger partial charge in [0.15, 0.2) is 11.6 Å². The molecule has 0 aliphatic rings. The Morgan fingerprint density at radius 1 is 0.960 bits per heavy atom. The van der Waals surface area contributed by atoms with Crippen LogP contribution in [0.15, 0.2) is 52.7 Å². The maximum Gasteiger partial charge on any atom is 0.573 e. The maximum atomic E-state index is 13.5. The summed E-state index contributed by atoms with van der Waals surface area (Å²) in [6, 6.07) is 10.9. The molecule has 0 atom stereocenters. The Kier molecular flexibility index (Phi) is 6.27. The zero-order valence-electron chi connectivity index (χ0n) is 13.4. The summed E-state index contributed by atoms with van der Waals surface area (Å²) in [5.74, 6) is -2.02. The van der Waals surface area contributed by atoms with Gasteiger partial charge >= 0.3 is 6.36 Å². The van der Waals surface area contributed by atoms with Crippen molar-refractivity contribution in [3.63, 3.8) is 0 Å². The number of alkyl halides is 3. The number of benzene rings is 2. The molecule has 0 aliphatic carbocycles. The summed E-state index contributed by atoms with van der Waals surface area (Å²) in [7, 11) is 0. The fraction of sp³-hybridized carbons (Fsp3) is 0.222. The van der Waals surface area contributed by atoms with Gasteiger partial charge in [0.25, 0.3) is 0 Å². The number of hydrogen-bond donors (Lipinski definition) is 0. The lowest BCUT2D eigenvalue weighted by Gasteiger charge is -2.09. The number of halogens is 4. The molecule has 0 radical (unpaired) electrons. The average molecular weight is 352 g/mol. The Bertz CT molecular complexity index is 753. The van der Waals surface area contributed by atoms with Crippen LogP contribution in [0.2, 0.25) is 0 Å². The largest absolute Gasteiger partial charge is 0.573 e. The first-order chi connectivity index (χ1) is 11.9. The molecule has 0 heterocycles. The third kappa shape index (κ3) is 6.37. The monoisotopic (exact) mass is 352 g/mol. The molecular weight excluding hydrogens is 336 g/mol. The molecule has 0 aromatic heterocycles. The van der Waals surface area contributed by atoms with Gasteiger partial charge in [-0.15, -0.1) is 13.2 Å². The number of ether oxygens (including phenoxy) is 1. The van der Waals surface area contributed by atoms with Gasteiger partial charge in [-0.1, -0.05) is 37.6 Å². The standard InChI is InChI=1S/C18H16F4N2O/c1-2-3-13-4-6-14(7-5-13)11-23-24-12-15-8-9-17(16(19)10-15)25-18(20,21)22/h4-12H,2-3H2,1H3/b23-11+,24-12-. The van der Waals surface area contributed by atoms with Crippen LogP contribution in [0.1, 0.15) is 30.0 Å². The first-order valence-corrected chi connectivity index (χ1v) is 7.58. The molecule has 0 fully saturated rings. The summed E-state index contributed by atoms with van der Waals surface area (Å²) in [5.41, 5.74) is 2.36. The van der Waals surface area contributed by atoms with Crippen molar-refractivity contribution >= 4 is 12.4 Å². The predicted octanol–water partition coefficient (Wildman–Crippen LogP) is 5.13. The predicted molar refractivity (Wildman–Crippen MR) is 88.7 cm³/mol. The lowest BCUT2D eigenvalue weighted by atomic mass is 10.1. The van der Waals surface area contributed by atoms with Crippen LogP contribution in [0.25, 0.3) is 0 Å². The Balaban J connectivity index is 1.98. The molecule has 0 amide bonds. The van der Waals surface area contributed by atoms with E-state index >= 15 is 0 Å². The van der Waals surface area contributed by atoms with Crippen molar-refractivity contribution < 1.29 is 22.3 Å². The van der Waals surface area contributed by atoms with Gasteiger partial charge in [-0.25, -0.2) is 4.39 Å². The molecule has 2 aromatic carbocycles. The van der Waals surface area contributed by atoms with Crippen LogP contribution in [-0.2, 0) is 6.42 Å². The van der Waals surface area contributed by atoms with Gasteiger partial charge in [0.2, 0.25) is 0 Å². The van der Waals surface area contributed by atoms with Gasteiger partial charge in [0, 0.05) is 0 Å². The van der Waals surface area contributed by atoms with Gasteiger partial charge < -0.3 is 4.74 Å². The topological polar surface area (TPSA) is 34.0 Å². The molecular formula is C18H16F4N2O. The second-order valence-corrected chi connectivity index (χ2v) is 5.22. The van der Waals surface area contributed by atoms with Crippen LogP contribution < -0.4 is 4.74 Å². The van der Waals surface area contributed by atoms with Crippen LogP contribution >= 0.6 is 0 Å². The van der Waals surface area contributed by atoms with Gasteiger partial charge in [-0.3, -0.25) is 0 Å². The van der Waals surface area contributed by atoms with Crippen molar-refractivity contribution in [1.29, 1.82) is 0 Å². The number of aryl methyl sites for hydroxylation is 1. The summed E-state index contributed by atoms with van der Waals surface area (Å²) in [6.45, 7) is 2.11. The quantitative estimate of drug-likeness (QED) is 0.403. The van der Waals surface area contributed by atoms with E-state index in [-0.39, 0.29) is 5.56 Å². The first kappa shape index (κ1) is 18.6. The smallest absolute Gasteiger partial charge is 0.403 e. The van der Waals surface area contributed by atoms with Crippen LogP contribution in [0, 0.1) is 5.82 Å². The van der Waals surface area contributed by atoms with Crippen molar-refractivity contribution in [2.45, 2.75) is 26.1 Å². The fourth-order valence-electron chi connectivity index (χ4n) is 2.06. The van der Waals surface area contributed by atoms with E-state index in [2.05, 4.69) is 21.9 Å². The highest BCUT2D eigenvalue weighted by Crippen LogP contribution is 2.25. The molecule has 0 bridgehead atoms. The Labute approximate surface area is 142 Å². The zero-order valence-corrected chi connectivity index (χ0v) is 13.4. The zero-order chi connectivity index (χ0) is 18.3. The molecule has 0 spiro atoms. The van der Waals surface area contributed by atoms with Crippen molar-refractivity contribution in [3.8, 4) is 5.75 Å². The van der Waals surface area contributed by atoms with E-state index in [1.54, 1.807) is 0 Å². The summed E-state index contributed by atoms with van der Waals surface area (Å²) < 4.78 is 53.3. The Morgan fingerprint density at radius 2 is 1.56 bits per heavy atom. The van der Waals surface area contributed by atoms with Crippen LogP contribution in [0.5, 0.6) is 5.75 Å². The Hall–Kier alpha value is -2.70. The highest BCUT2D eigenvalue weighted by molar-refractivity contribution is 5.82. The van der Waals surface area contributed by atoms with Gasteiger partial charge in [-0.2, -0.15) is 10.2 Å². The van der Waals surface area contributed by atoms with Gasteiger partial charge in [-0.05, 0) is 41.3 Å². The summed E-state index contributed by atoms with van der Waals surface area (Å²) in [4.78, 5) is 0. The SMILES string of the molecule is CCCc1ccc(/C=N/N=C\c2ccc(OC(F)(F)F)c(F)c2)cc1. The molecule has 132 valence electrons. The van der Waals surface area contributed by atoms with E-state index < -0.39 is 17.9 Å². The molecule has 7 heteroatoms. The molecule has 0 unspecified atom stereocenters. The lowest BCUT2D eigenvalue weighted by molar-refractivity contribution is -0.275. The molecule has 0 saturated heterocycles. The minimum absolute atomic E-state index is 0.266. The molecule has 2 rings (SSSR count). The lowest BCUT2D eigenvalue weighted by Crippen LogP contribution is -2.18. The molecule has 0 saturated carbocycles. The molecule has 0 aliphatic heterocycles. The van der Waals surface area contributed by atoms with Crippen molar-refractivity contribution in [1.82, 2.24) is 0 Å². The van der Waals surface area contributed by atoms with E-state index in [4.69, 9.17) is 0 Å². The molecule has 25 heavy (non-hydrogen) atoms. The second kappa shape index (κ2) is 8.41. The van der Waals surface area contributed by atoms with E-state index in [0.29, 0.717) is 0 Å². The van der Waals surface area contributed by atoms with Crippen molar-refractivity contribution in [2.75, 3.05) is 0 Å². The van der Waals surface area contributed by atoms with Crippen LogP contribution in [0.4, 0.5) is 17.6 Å². The fourth-order valence-corrected chi connectivity index (χ4v) is 2.06. The number of hydrogen-bond acceptors (Lipinski definition) is 3. The van der Waals surface area contributed by atoms with Crippen molar-refractivity contribution in [2.24, 2.45) is 10.2 Å². The average Bonchev–Trinajstić information content (AvgIpc) is 2.55. The van der Waals surface area contributed by atoms with E-state index in [1.807, 2.05) is 24.3 Å².